The first kappa shape index (κ1) is 11.7. The highest BCUT2D eigenvalue weighted by Crippen LogP contribution is 2.29. The van der Waals surface area contributed by atoms with Crippen LogP contribution >= 0.6 is 27.3 Å². The van der Waals surface area contributed by atoms with Crippen molar-refractivity contribution in [2.24, 2.45) is 5.73 Å². The third-order valence-corrected chi connectivity index (χ3v) is 3.68. The van der Waals surface area contributed by atoms with Gasteiger partial charge in [-0.1, -0.05) is 0 Å². The highest BCUT2D eigenvalue weighted by molar-refractivity contribution is 9.11. The molecule has 0 radical (unpaired) electrons. The van der Waals surface area contributed by atoms with Crippen molar-refractivity contribution >= 4 is 27.3 Å². The summed E-state index contributed by atoms with van der Waals surface area (Å²) >= 11 is 5.11. The van der Waals surface area contributed by atoms with Crippen LogP contribution in [0.15, 0.2) is 28.2 Å². The Morgan fingerprint density at radius 3 is 2.88 bits per heavy atom. The predicted molar refractivity (Wildman–Crippen MR) is 70.4 cm³/mol. The number of hydrogen-bond acceptors (Lipinski definition) is 4. The Balaban J connectivity index is 2.28. The number of rotatable bonds is 3. The van der Waals surface area contributed by atoms with E-state index >= 15 is 0 Å². The van der Waals surface area contributed by atoms with Gasteiger partial charge >= 0.3 is 0 Å². The third-order valence-electron chi connectivity index (χ3n) is 2.04. The summed E-state index contributed by atoms with van der Waals surface area (Å²) in [5, 5.41) is 0. The Morgan fingerprint density at radius 1 is 1.44 bits per heavy atom. The van der Waals surface area contributed by atoms with Crippen molar-refractivity contribution in [3.8, 4) is 10.6 Å². The lowest BCUT2D eigenvalue weighted by atomic mass is 10.2. The Morgan fingerprint density at radius 2 is 2.25 bits per heavy atom. The first-order chi connectivity index (χ1) is 7.65. The molecular formula is C11H12BrN3S. The molecule has 2 N–H and O–H groups in total. The zero-order chi connectivity index (χ0) is 11.5. The van der Waals surface area contributed by atoms with Gasteiger partial charge in [-0.15, -0.1) is 11.3 Å². The third kappa shape index (κ3) is 2.87. The standard InChI is InChI=1S/C11H12BrN3S/c1-7(13)6-11-14-5-4-8(15-11)9-2-3-10(12)16-9/h2-5,7H,6,13H2,1H3. The van der Waals surface area contributed by atoms with Gasteiger partial charge in [0.05, 0.1) is 14.4 Å². The average Bonchev–Trinajstić information content (AvgIpc) is 2.64. The quantitative estimate of drug-likeness (QED) is 0.948. The minimum absolute atomic E-state index is 0.0883. The van der Waals surface area contributed by atoms with Crippen LogP contribution in [0.5, 0.6) is 0 Å². The second kappa shape index (κ2) is 5.03. The number of halogens is 1. The van der Waals surface area contributed by atoms with E-state index in [1.54, 1.807) is 17.5 Å². The van der Waals surface area contributed by atoms with Crippen molar-refractivity contribution in [3.63, 3.8) is 0 Å². The van der Waals surface area contributed by atoms with Crippen LogP contribution < -0.4 is 5.73 Å². The summed E-state index contributed by atoms with van der Waals surface area (Å²) in [5.74, 6) is 0.803. The van der Waals surface area contributed by atoms with E-state index in [-0.39, 0.29) is 6.04 Å². The van der Waals surface area contributed by atoms with E-state index in [1.165, 1.54) is 0 Å². The first-order valence-corrected chi connectivity index (χ1v) is 6.59. The second-order valence-corrected chi connectivity index (χ2v) is 6.11. The molecule has 84 valence electrons. The minimum atomic E-state index is 0.0883. The van der Waals surface area contributed by atoms with Gasteiger partial charge in [0.25, 0.3) is 0 Å². The molecule has 0 fully saturated rings. The Hall–Kier alpha value is -0.780. The van der Waals surface area contributed by atoms with Gasteiger partial charge in [0.2, 0.25) is 0 Å². The monoisotopic (exact) mass is 297 g/mol. The summed E-state index contributed by atoms with van der Waals surface area (Å²) in [5.41, 5.74) is 6.69. The normalized spacial score (nSPS) is 12.7. The smallest absolute Gasteiger partial charge is 0.130 e. The summed E-state index contributed by atoms with van der Waals surface area (Å²) < 4.78 is 1.11. The van der Waals surface area contributed by atoms with Gasteiger partial charge in [-0.2, -0.15) is 0 Å². The SMILES string of the molecule is CC(N)Cc1nccc(-c2ccc(Br)s2)n1. The average molecular weight is 298 g/mol. The molecule has 0 spiro atoms. The van der Waals surface area contributed by atoms with Crippen LogP contribution in [0.3, 0.4) is 0 Å². The lowest BCUT2D eigenvalue weighted by Gasteiger charge is -2.04. The largest absolute Gasteiger partial charge is 0.328 e. The van der Waals surface area contributed by atoms with Crippen LogP contribution in [-0.4, -0.2) is 16.0 Å². The van der Waals surface area contributed by atoms with E-state index in [9.17, 15) is 0 Å². The van der Waals surface area contributed by atoms with Gasteiger partial charge in [-0.3, -0.25) is 0 Å². The van der Waals surface area contributed by atoms with Gasteiger partial charge in [-0.25, -0.2) is 9.97 Å². The van der Waals surface area contributed by atoms with Gasteiger partial charge in [0.1, 0.15) is 5.82 Å². The van der Waals surface area contributed by atoms with Gasteiger partial charge < -0.3 is 5.73 Å². The Bertz CT molecular complexity index is 482. The van der Waals surface area contributed by atoms with Crippen LogP contribution in [-0.2, 0) is 6.42 Å². The molecule has 2 rings (SSSR count). The zero-order valence-corrected chi connectivity index (χ0v) is 11.3. The number of aromatic nitrogens is 2. The van der Waals surface area contributed by atoms with E-state index in [0.717, 1.165) is 20.2 Å². The van der Waals surface area contributed by atoms with Crippen molar-refractivity contribution in [2.45, 2.75) is 19.4 Å². The van der Waals surface area contributed by atoms with Gasteiger partial charge in [-0.05, 0) is 41.1 Å². The lowest BCUT2D eigenvalue weighted by molar-refractivity contribution is 0.702. The molecule has 16 heavy (non-hydrogen) atoms. The summed E-state index contributed by atoms with van der Waals surface area (Å²) in [4.78, 5) is 9.85. The summed E-state index contributed by atoms with van der Waals surface area (Å²) in [7, 11) is 0. The van der Waals surface area contributed by atoms with Crippen LogP contribution in [0.2, 0.25) is 0 Å². The summed E-state index contributed by atoms with van der Waals surface area (Å²) in [6, 6.07) is 6.08. The molecule has 0 aliphatic rings. The maximum absolute atomic E-state index is 5.73. The van der Waals surface area contributed by atoms with E-state index in [0.29, 0.717) is 6.42 Å². The number of nitrogens with zero attached hydrogens (tertiary/aromatic N) is 2. The zero-order valence-electron chi connectivity index (χ0n) is 8.85. The van der Waals surface area contributed by atoms with E-state index in [2.05, 4.69) is 25.9 Å². The van der Waals surface area contributed by atoms with Gasteiger partial charge in [0, 0.05) is 18.7 Å². The van der Waals surface area contributed by atoms with Crippen LogP contribution in [0.25, 0.3) is 10.6 Å². The Labute approximate surface area is 107 Å². The molecule has 1 atom stereocenters. The molecule has 5 heteroatoms. The molecular weight excluding hydrogens is 286 g/mol. The lowest BCUT2D eigenvalue weighted by Crippen LogP contribution is -2.19. The molecule has 0 amide bonds. The summed E-state index contributed by atoms with van der Waals surface area (Å²) in [6.45, 7) is 1.96. The van der Waals surface area contributed by atoms with Crippen LogP contribution in [0.1, 0.15) is 12.7 Å². The fraction of sp³-hybridized carbons (Fsp3) is 0.273. The molecule has 3 nitrogen and oxygen atoms in total. The fourth-order valence-electron chi connectivity index (χ4n) is 1.37. The number of hydrogen-bond donors (Lipinski definition) is 1. The highest BCUT2D eigenvalue weighted by atomic mass is 79.9. The molecule has 2 heterocycles. The van der Waals surface area contributed by atoms with Crippen molar-refractivity contribution in [3.05, 3.63) is 34.0 Å². The molecule has 1 unspecified atom stereocenters. The van der Waals surface area contributed by atoms with Gasteiger partial charge in [0.15, 0.2) is 0 Å². The maximum Gasteiger partial charge on any atom is 0.130 e. The van der Waals surface area contributed by atoms with E-state index < -0.39 is 0 Å². The van der Waals surface area contributed by atoms with Crippen LogP contribution in [0.4, 0.5) is 0 Å². The minimum Gasteiger partial charge on any atom is -0.328 e. The number of thiophene rings is 1. The fourth-order valence-corrected chi connectivity index (χ4v) is 2.73. The molecule has 0 saturated heterocycles. The molecule has 0 aliphatic carbocycles. The molecule has 0 saturated carbocycles. The van der Waals surface area contributed by atoms with Crippen molar-refractivity contribution in [2.75, 3.05) is 0 Å². The highest BCUT2D eigenvalue weighted by Gasteiger charge is 2.06. The van der Waals surface area contributed by atoms with Crippen LogP contribution in [0, 0.1) is 0 Å². The molecule has 0 bridgehead atoms. The summed E-state index contributed by atoms with van der Waals surface area (Å²) in [6.07, 6.45) is 2.49. The second-order valence-electron chi connectivity index (χ2n) is 3.64. The topological polar surface area (TPSA) is 51.8 Å². The van der Waals surface area contributed by atoms with Crippen molar-refractivity contribution in [1.29, 1.82) is 0 Å². The van der Waals surface area contributed by atoms with E-state index in [4.69, 9.17) is 5.73 Å². The number of nitrogens with two attached hydrogens (primary N) is 1. The molecule has 2 aromatic rings. The molecule has 0 aliphatic heterocycles. The van der Waals surface area contributed by atoms with Crippen molar-refractivity contribution in [1.82, 2.24) is 9.97 Å². The first-order valence-electron chi connectivity index (χ1n) is 4.98. The predicted octanol–water partition coefficient (Wildman–Crippen LogP) is 2.86. The van der Waals surface area contributed by atoms with Crippen molar-refractivity contribution < 1.29 is 0 Å². The Kier molecular flexibility index (Phi) is 3.68. The molecule has 0 aromatic carbocycles. The maximum atomic E-state index is 5.73. The molecule has 2 aromatic heterocycles. The van der Waals surface area contributed by atoms with E-state index in [1.807, 2.05) is 25.1 Å².